The SMILES string of the molecule is Cc1nc(Sc2c(F)cc(CCN)cc2F)n[nH]1. The van der Waals surface area contributed by atoms with Crippen molar-refractivity contribution in [2.75, 3.05) is 6.54 Å². The van der Waals surface area contributed by atoms with Gasteiger partial charge in [0.05, 0.1) is 4.90 Å². The summed E-state index contributed by atoms with van der Waals surface area (Å²) in [5, 5.41) is 6.73. The van der Waals surface area contributed by atoms with Gasteiger partial charge in [0.25, 0.3) is 0 Å². The highest BCUT2D eigenvalue weighted by molar-refractivity contribution is 7.99. The molecule has 0 bridgehead atoms. The Labute approximate surface area is 107 Å². The van der Waals surface area contributed by atoms with E-state index in [-0.39, 0.29) is 10.1 Å². The summed E-state index contributed by atoms with van der Waals surface area (Å²) in [6.45, 7) is 2.07. The molecule has 0 amide bonds. The van der Waals surface area contributed by atoms with Crippen LogP contribution in [0.2, 0.25) is 0 Å². The maximum Gasteiger partial charge on any atom is 0.213 e. The van der Waals surface area contributed by atoms with E-state index in [1.54, 1.807) is 6.92 Å². The Kier molecular flexibility index (Phi) is 3.93. The van der Waals surface area contributed by atoms with E-state index < -0.39 is 11.6 Å². The van der Waals surface area contributed by atoms with Crippen molar-refractivity contribution in [2.24, 2.45) is 5.73 Å². The van der Waals surface area contributed by atoms with E-state index >= 15 is 0 Å². The lowest BCUT2D eigenvalue weighted by molar-refractivity contribution is 0.537. The summed E-state index contributed by atoms with van der Waals surface area (Å²) in [7, 11) is 0. The zero-order chi connectivity index (χ0) is 13.1. The second-order valence-corrected chi connectivity index (χ2v) is 4.71. The molecule has 0 aliphatic heterocycles. The van der Waals surface area contributed by atoms with Crippen LogP contribution in [0.15, 0.2) is 22.2 Å². The highest BCUT2D eigenvalue weighted by Gasteiger charge is 2.14. The molecule has 96 valence electrons. The zero-order valence-corrected chi connectivity index (χ0v) is 10.5. The van der Waals surface area contributed by atoms with Gasteiger partial charge >= 0.3 is 0 Å². The van der Waals surface area contributed by atoms with Gasteiger partial charge in [-0.15, -0.1) is 5.10 Å². The van der Waals surface area contributed by atoms with Crippen LogP contribution in [-0.4, -0.2) is 21.7 Å². The van der Waals surface area contributed by atoms with E-state index in [9.17, 15) is 8.78 Å². The second kappa shape index (κ2) is 5.45. The van der Waals surface area contributed by atoms with Crippen LogP contribution in [0.25, 0.3) is 0 Å². The summed E-state index contributed by atoms with van der Waals surface area (Å²) >= 11 is 0.854. The number of nitrogens with one attached hydrogen (secondary N) is 1. The van der Waals surface area contributed by atoms with Gasteiger partial charge in [-0.1, -0.05) is 0 Å². The number of hydrogen-bond donors (Lipinski definition) is 2. The van der Waals surface area contributed by atoms with Gasteiger partial charge in [0.1, 0.15) is 17.5 Å². The Bertz CT molecular complexity index is 533. The first-order valence-corrected chi connectivity index (χ1v) is 6.16. The van der Waals surface area contributed by atoms with Crippen LogP contribution >= 0.6 is 11.8 Å². The predicted octanol–water partition coefficient (Wildman–Crippen LogP) is 2.04. The highest BCUT2D eigenvalue weighted by atomic mass is 32.2. The predicted molar refractivity (Wildman–Crippen MR) is 64.4 cm³/mol. The Morgan fingerprint density at radius 1 is 1.33 bits per heavy atom. The van der Waals surface area contributed by atoms with Crippen molar-refractivity contribution in [3.63, 3.8) is 0 Å². The first-order chi connectivity index (χ1) is 8.60. The van der Waals surface area contributed by atoms with E-state index in [2.05, 4.69) is 15.2 Å². The van der Waals surface area contributed by atoms with Crippen molar-refractivity contribution < 1.29 is 8.78 Å². The van der Waals surface area contributed by atoms with E-state index in [0.717, 1.165) is 11.8 Å². The third-order valence-electron chi connectivity index (χ3n) is 2.26. The smallest absolute Gasteiger partial charge is 0.213 e. The average molecular weight is 270 g/mol. The number of nitrogens with two attached hydrogens (primary N) is 1. The Morgan fingerprint density at radius 3 is 2.50 bits per heavy atom. The van der Waals surface area contributed by atoms with Gasteiger partial charge in [-0.3, -0.25) is 5.10 Å². The molecular weight excluding hydrogens is 258 g/mol. The summed E-state index contributed by atoms with van der Waals surface area (Å²) in [6, 6.07) is 2.58. The van der Waals surface area contributed by atoms with Gasteiger partial charge in [0.15, 0.2) is 0 Å². The number of aromatic nitrogens is 3. The molecule has 0 saturated heterocycles. The normalized spacial score (nSPS) is 10.9. The molecule has 2 aromatic rings. The first kappa shape index (κ1) is 13.0. The quantitative estimate of drug-likeness (QED) is 0.892. The molecule has 0 radical (unpaired) electrons. The number of halogens is 2. The topological polar surface area (TPSA) is 67.6 Å². The molecule has 0 atom stereocenters. The second-order valence-electron chi connectivity index (χ2n) is 3.73. The maximum atomic E-state index is 13.8. The van der Waals surface area contributed by atoms with Crippen LogP contribution in [0.4, 0.5) is 8.78 Å². The molecule has 1 heterocycles. The number of hydrogen-bond acceptors (Lipinski definition) is 4. The van der Waals surface area contributed by atoms with E-state index in [4.69, 9.17) is 5.73 Å². The van der Waals surface area contributed by atoms with Gasteiger partial charge in [0, 0.05) is 0 Å². The van der Waals surface area contributed by atoms with Gasteiger partial charge in [0.2, 0.25) is 5.16 Å². The summed E-state index contributed by atoms with van der Waals surface area (Å²) in [5.74, 6) is -0.644. The minimum absolute atomic E-state index is 0.102. The monoisotopic (exact) mass is 270 g/mol. The van der Waals surface area contributed by atoms with Gasteiger partial charge in [-0.2, -0.15) is 0 Å². The van der Waals surface area contributed by atoms with Crippen LogP contribution < -0.4 is 5.73 Å². The third-order valence-corrected chi connectivity index (χ3v) is 3.22. The molecule has 0 unspecified atom stereocenters. The molecule has 0 spiro atoms. The fourth-order valence-electron chi connectivity index (χ4n) is 1.48. The lowest BCUT2D eigenvalue weighted by Gasteiger charge is -2.05. The van der Waals surface area contributed by atoms with Crippen LogP contribution in [0.1, 0.15) is 11.4 Å². The Morgan fingerprint density at radius 2 is 2.00 bits per heavy atom. The van der Waals surface area contributed by atoms with Gasteiger partial charge < -0.3 is 5.73 Å². The molecule has 0 fully saturated rings. The van der Waals surface area contributed by atoms with Crippen LogP contribution in [0.3, 0.4) is 0 Å². The Balaban J connectivity index is 2.28. The van der Waals surface area contributed by atoms with E-state index in [1.165, 1.54) is 12.1 Å². The standard InChI is InChI=1S/C11H12F2N4S/c1-6-15-11(17-16-6)18-10-8(12)4-7(2-3-14)5-9(10)13/h4-5H,2-3,14H2,1H3,(H,15,16,17). The van der Waals surface area contributed by atoms with Crippen molar-refractivity contribution in [3.05, 3.63) is 35.2 Å². The van der Waals surface area contributed by atoms with Crippen molar-refractivity contribution in [1.82, 2.24) is 15.2 Å². The molecule has 18 heavy (non-hydrogen) atoms. The Hall–Kier alpha value is -1.47. The summed E-state index contributed by atoms with van der Waals surface area (Å²) in [4.78, 5) is 3.89. The lowest BCUT2D eigenvalue weighted by atomic mass is 10.1. The maximum absolute atomic E-state index is 13.8. The highest BCUT2D eigenvalue weighted by Crippen LogP contribution is 2.30. The van der Waals surface area contributed by atoms with Crippen molar-refractivity contribution in [1.29, 1.82) is 0 Å². The number of aryl methyl sites for hydroxylation is 1. The number of benzene rings is 1. The molecule has 0 saturated carbocycles. The van der Waals surface area contributed by atoms with Crippen LogP contribution in [0.5, 0.6) is 0 Å². The average Bonchev–Trinajstić information content (AvgIpc) is 2.70. The zero-order valence-electron chi connectivity index (χ0n) is 9.70. The summed E-state index contributed by atoms with van der Waals surface area (Å²) < 4.78 is 27.5. The first-order valence-electron chi connectivity index (χ1n) is 5.35. The molecule has 1 aromatic heterocycles. The molecule has 0 aliphatic rings. The van der Waals surface area contributed by atoms with Crippen LogP contribution in [-0.2, 0) is 6.42 Å². The fourth-order valence-corrected chi connectivity index (χ4v) is 2.25. The number of nitrogens with zero attached hydrogens (tertiary/aromatic N) is 2. The lowest BCUT2D eigenvalue weighted by Crippen LogP contribution is -2.04. The molecule has 3 N–H and O–H groups in total. The third kappa shape index (κ3) is 2.85. The molecular formula is C11H12F2N4S. The van der Waals surface area contributed by atoms with Crippen molar-refractivity contribution >= 4 is 11.8 Å². The van der Waals surface area contributed by atoms with Crippen molar-refractivity contribution in [3.8, 4) is 0 Å². The van der Waals surface area contributed by atoms with E-state index in [1.807, 2.05) is 0 Å². The van der Waals surface area contributed by atoms with Gasteiger partial charge in [-0.25, -0.2) is 13.8 Å². The molecule has 1 aromatic carbocycles. The largest absolute Gasteiger partial charge is 0.330 e. The number of rotatable bonds is 4. The summed E-state index contributed by atoms with van der Waals surface area (Å²) in [5.41, 5.74) is 5.90. The molecule has 2 rings (SSSR count). The van der Waals surface area contributed by atoms with E-state index in [0.29, 0.717) is 24.4 Å². The minimum Gasteiger partial charge on any atom is -0.330 e. The summed E-state index contributed by atoms with van der Waals surface area (Å²) in [6.07, 6.45) is 0.443. The minimum atomic E-state index is -0.620. The number of H-pyrrole nitrogens is 1. The fraction of sp³-hybridized carbons (Fsp3) is 0.273. The van der Waals surface area contributed by atoms with Crippen molar-refractivity contribution in [2.45, 2.75) is 23.4 Å². The van der Waals surface area contributed by atoms with Crippen LogP contribution in [0, 0.1) is 18.6 Å². The van der Waals surface area contributed by atoms with Gasteiger partial charge in [-0.05, 0) is 49.3 Å². The molecule has 4 nitrogen and oxygen atoms in total. The molecule has 0 aliphatic carbocycles. The molecule has 7 heteroatoms. The number of aromatic amines is 1.